The number of thiophene rings is 1. The van der Waals surface area contributed by atoms with Gasteiger partial charge < -0.3 is 29.3 Å². The Kier molecular flexibility index (Phi) is 31.5. The van der Waals surface area contributed by atoms with E-state index in [-0.39, 0.29) is 43.2 Å². The van der Waals surface area contributed by atoms with Crippen molar-refractivity contribution in [3.63, 3.8) is 0 Å². The molecule has 11 nitrogen and oxygen atoms in total. The van der Waals surface area contributed by atoms with E-state index < -0.39 is 5.97 Å². The van der Waals surface area contributed by atoms with Crippen molar-refractivity contribution in [3.05, 3.63) is 16.0 Å². The molecule has 0 bridgehead atoms. The molecule has 0 saturated heterocycles. The van der Waals surface area contributed by atoms with E-state index in [1.807, 2.05) is 23.9 Å². The molecule has 0 fully saturated rings. The van der Waals surface area contributed by atoms with Gasteiger partial charge in [0.05, 0.1) is 31.9 Å². The third-order valence-corrected chi connectivity index (χ3v) is 12.6. The van der Waals surface area contributed by atoms with E-state index in [1.165, 1.54) is 101 Å². The van der Waals surface area contributed by atoms with Crippen LogP contribution in [0.3, 0.4) is 0 Å². The fraction of sp³-hybridized carbons (Fsp3) is 0.816. The number of fused-ring (bicyclic) bond motifs is 1. The van der Waals surface area contributed by atoms with Gasteiger partial charge in [0.15, 0.2) is 0 Å². The Bertz CT molecular complexity index is 1370. The molecule has 1 aliphatic heterocycles. The fourth-order valence-corrected chi connectivity index (χ4v) is 8.95. The maximum atomic E-state index is 13.4. The van der Waals surface area contributed by atoms with Crippen LogP contribution in [0.1, 0.15) is 221 Å². The van der Waals surface area contributed by atoms with E-state index in [2.05, 4.69) is 19.2 Å². The number of carbonyl (C=O) groups is 5. The molecule has 1 N–H and O–H groups in total. The summed E-state index contributed by atoms with van der Waals surface area (Å²) < 4.78 is 16.5. The molecule has 2 amide bonds. The third kappa shape index (κ3) is 26.3. The van der Waals surface area contributed by atoms with Crippen LogP contribution in [0.25, 0.3) is 0 Å². The van der Waals surface area contributed by atoms with Crippen LogP contribution in [0.2, 0.25) is 0 Å². The van der Waals surface area contributed by atoms with Gasteiger partial charge in [0.25, 0.3) is 0 Å². The topological polar surface area (TPSA) is 132 Å². The number of nitrogens with zero attached hydrogens (tertiary/aromatic N) is 2. The molecule has 61 heavy (non-hydrogen) atoms. The van der Waals surface area contributed by atoms with Gasteiger partial charge in [-0.3, -0.25) is 19.2 Å². The van der Waals surface area contributed by atoms with E-state index in [0.29, 0.717) is 75.4 Å². The molecule has 0 radical (unpaired) electrons. The summed E-state index contributed by atoms with van der Waals surface area (Å²) >= 11 is 1.35. The predicted octanol–water partition coefficient (Wildman–Crippen LogP) is 11.7. The molecule has 12 heteroatoms. The molecule has 1 aliphatic rings. The summed E-state index contributed by atoms with van der Waals surface area (Å²) in [5.41, 5.74) is 1.25. The minimum absolute atomic E-state index is 0.0736. The standard InChI is InChI=1S/C49H85N3O8S/c1-5-7-9-11-13-15-17-21-27-37-58-45(55)32-24-20-19-23-31-44(54)52-36-34-41-42(40-52)61-48(47(41)49(57)60-39-29-35-51(3)4)50-43(53)30-25-26-33-46(56)59-38-28-22-18-16-14-12-10-8-6-2/h5-40H2,1-4H3,(H,50,53). The Hall–Kier alpha value is -2.99. The third-order valence-electron chi connectivity index (χ3n) is 11.4. The molecule has 0 saturated carbocycles. The van der Waals surface area contributed by atoms with Gasteiger partial charge in [0, 0.05) is 43.6 Å². The predicted molar refractivity (Wildman–Crippen MR) is 248 cm³/mol. The van der Waals surface area contributed by atoms with Crippen molar-refractivity contribution in [1.82, 2.24) is 9.80 Å². The first-order valence-corrected chi connectivity index (χ1v) is 25.3. The van der Waals surface area contributed by atoms with Crippen molar-refractivity contribution < 1.29 is 38.2 Å². The van der Waals surface area contributed by atoms with E-state index in [1.54, 1.807) is 0 Å². The average molecular weight is 876 g/mol. The number of carbonyl (C=O) groups excluding carboxylic acids is 5. The second kappa shape index (κ2) is 35.5. The van der Waals surface area contributed by atoms with Gasteiger partial charge in [-0.15, -0.1) is 11.3 Å². The van der Waals surface area contributed by atoms with Crippen molar-refractivity contribution in [2.75, 3.05) is 52.3 Å². The number of esters is 3. The lowest BCUT2D eigenvalue weighted by atomic mass is 10.0. The number of anilines is 1. The van der Waals surface area contributed by atoms with Gasteiger partial charge in [0.1, 0.15) is 5.00 Å². The normalized spacial score (nSPS) is 12.4. The summed E-state index contributed by atoms with van der Waals surface area (Å²) in [6.07, 6.45) is 28.9. The maximum absolute atomic E-state index is 13.4. The van der Waals surface area contributed by atoms with Crippen LogP contribution in [0.4, 0.5) is 5.00 Å². The SMILES string of the molecule is CCCCCCCCCCCOC(=O)CCCCCCC(=O)N1CCc2c(sc(NC(=O)CCCCC(=O)OCCCCCCCCCCC)c2C(=O)OCCCN(C)C)C1. The second-order valence-corrected chi connectivity index (χ2v) is 18.4. The first-order valence-electron chi connectivity index (χ1n) is 24.5. The Balaban J connectivity index is 1.73. The monoisotopic (exact) mass is 876 g/mol. The first-order chi connectivity index (χ1) is 29.7. The quantitative estimate of drug-likeness (QED) is 0.0392. The summed E-state index contributed by atoms with van der Waals surface area (Å²) in [5, 5.41) is 3.44. The molecule has 2 rings (SSSR count). The zero-order valence-corrected chi connectivity index (χ0v) is 39.8. The second-order valence-electron chi connectivity index (χ2n) is 17.3. The van der Waals surface area contributed by atoms with E-state index >= 15 is 0 Å². The molecular formula is C49H85N3O8S. The lowest BCUT2D eigenvalue weighted by Gasteiger charge is -2.27. The molecule has 0 atom stereocenters. The summed E-state index contributed by atoms with van der Waals surface area (Å²) in [4.78, 5) is 69.0. The Morgan fingerprint density at radius 3 is 1.57 bits per heavy atom. The molecule has 0 aliphatic carbocycles. The maximum Gasteiger partial charge on any atom is 0.341 e. The first kappa shape index (κ1) is 54.1. The summed E-state index contributed by atoms with van der Waals surface area (Å²) in [7, 11) is 3.94. The van der Waals surface area contributed by atoms with E-state index in [9.17, 15) is 24.0 Å². The Morgan fingerprint density at radius 1 is 0.574 bits per heavy atom. The number of rotatable bonds is 38. The van der Waals surface area contributed by atoms with Gasteiger partial charge in [-0.05, 0) is 71.0 Å². The van der Waals surface area contributed by atoms with E-state index in [4.69, 9.17) is 14.2 Å². The number of unbranched alkanes of at least 4 members (excludes halogenated alkanes) is 20. The van der Waals surface area contributed by atoms with Crippen LogP contribution in [0.15, 0.2) is 0 Å². The highest BCUT2D eigenvalue weighted by atomic mass is 32.1. The lowest BCUT2D eigenvalue weighted by molar-refractivity contribution is -0.144. The van der Waals surface area contributed by atoms with Crippen molar-refractivity contribution in [2.45, 2.75) is 213 Å². The van der Waals surface area contributed by atoms with Crippen LogP contribution < -0.4 is 5.32 Å². The number of ether oxygens (including phenoxy) is 3. The number of hydrogen-bond donors (Lipinski definition) is 1. The van der Waals surface area contributed by atoms with Crippen molar-refractivity contribution >= 4 is 46.1 Å². The molecule has 1 aromatic rings. The molecular weight excluding hydrogens is 791 g/mol. The fourth-order valence-electron chi connectivity index (χ4n) is 7.68. The van der Waals surface area contributed by atoms with Crippen LogP contribution in [0, 0.1) is 0 Å². The van der Waals surface area contributed by atoms with Gasteiger partial charge >= 0.3 is 17.9 Å². The van der Waals surface area contributed by atoms with Gasteiger partial charge in [0.2, 0.25) is 11.8 Å². The van der Waals surface area contributed by atoms with Crippen molar-refractivity contribution in [1.29, 1.82) is 0 Å². The highest BCUT2D eigenvalue weighted by molar-refractivity contribution is 7.17. The zero-order chi connectivity index (χ0) is 44.3. The van der Waals surface area contributed by atoms with Gasteiger partial charge in [-0.1, -0.05) is 129 Å². The van der Waals surface area contributed by atoms with Crippen LogP contribution in [-0.2, 0) is 46.4 Å². The van der Waals surface area contributed by atoms with Gasteiger partial charge in [-0.2, -0.15) is 0 Å². The number of nitrogens with one attached hydrogen (secondary N) is 1. The molecule has 0 aromatic carbocycles. The largest absolute Gasteiger partial charge is 0.466 e. The van der Waals surface area contributed by atoms with E-state index in [0.717, 1.165) is 68.4 Å². The minimum atomic E-state index is -0.451. The molecule has 1 aromatic heterocycles. The number of hydrogen-bond acceptors (Lipinski definition) is 10. The molecule has 2 heterocycles. The minimum Gasteiger partial charge on any atom is -0.466 e. The van der Waals surface area contributed by atoms with Crippen LogP contribution >= 0.6 is 11.3 Å². The summed E-state index contributed by atoms with van der Waals surface area (Å²) in [6, 6.07) is 0. The Labute approximate surface area is 374 Å². The van der Waals surface area contributed by atoms with Gasteiger partial charge in [-0.25, -0.2) is 4.79 Å². The Morgan fingerprint density at radius 2 is 1.03 bits per heavy atom. The molecule has 0 spiro atoms. The summed E-state index contributed by atoms with van der Waals surface area (Å²) in [6.45, 7) is 7.38. The van der Waals surface area contributed by atoms with Crippen LogP contribution in [-0.4, -0.2) is 86.5 Å². The molecule has 0 unspecified atom stereocenters. The van der Waals surface area contributed by atoms with Crippen molar-refractivity contribution in [2.24, 2.45) is 0 Å². The average Bonchev–Trinajstić information content (AvgIpc) is 3.60. The highest BCUT2D eigenvalue weighted by Crippen LogP contribution is 2.38. The molecule has 350 valence electrons. The van der Waals surface area contributed by atoms with Crippen LogP contribution in [0.5, 0.6) is 0 Å². The smallest absolute Gasteiger partial charge is 0.341 e. The number of amides is 2. The van der Waals surface area contributed by atoms with Crippen molar-refractivity contribution in [3.8, 4) is 0 Å². The zero-order valence-electron chi connectivity index (χ0n) is 39.0. The summed E-state index contributed by atoms with van der Waals surface area (Å²) in [5.74, 6) is -0.943. The highest BCUT2D eigenvalue weighted by Gasteiger charge is 2.31. The lowest BCUT2D eigenvalue weighted by Crippen LogP contribution is -2.35.